The molecular formula is C14H11BrClN3O2. The first-order valence-corrected chi connectivity index (χ1v) is 7.12. The summed E-state index contributed by atoms with van der Waals surface area (Å²) in [5, 5.41) is 3.29. The van der Waals surface area contributed by atoms with E-state index in [1.54, 1.807) is 6.07 Å². The fourth-order valence-corrected chi connectivity index (χ4v) is 2.36. The van der Waals surface area contributed by atoms with Crippen molar-refractivity contribution in [3.63, 3.8) is 0 Å². The summed E-state index contributed by atoms with van der Waals surface area (Å²) in [4.78, 5) is 26.7. The van der Waals surface area contributed by atoms with Crippen molar-refractivity contribution in [2.45, 2.75) is 6.54 Å². The number of halogens is 2. The second-order valence-electron chi connectivity index (χ2n) is 4.21. The van der Waals surface area contributed by atoms with Gasteiger partial charge in [-0.3, -0.25) is 14.6 Å². The lowest BCUT2D eigenvalue weighted by Gasteiger charge is -2.07. The first-order valence-electron chi connectivity index (χ1n) is 5.95. The lowest BCUT2D eigenvalue weighted by Crippen LogP contribution is -2.23. The molecule has 1 aromatic heterocycles. The van der Waals surface area contributed by atoms with E-state index >= 15 is 0 Å². The van der Waals surface area contributed by atoms with Crippen LogP contribution in [-0.4, -0.2) is 16.8 Å². The van der Waals surface area contributed by atoms with Crippen molar-refractivity contribution in [1.82, 2.24) is 10.3 Å². The van der Waals surface area contributed by atoms with Gasteiger partial charge in [0, 0.05) is 22.2 Å². The number of hydrogen-bond donors (Lipinski definition) is 2. The molecule has 7 heteroatoms. The Morgan fingerprint density at radius 1 is 1.29 bits per heavy atom. The van der Waals surface area contributed by atoms with Crippen molar-refractivity contribution in [3.8, 4) is 0 Å². The highest BCUT2D eigenvalue weighted by Crippen LogP contribution is 2.21. The van der Waals surface area contributed by atoms with Gasteiger partial charge in [0.1, 0.15) is 5.69 Å². The van der Waals surface area contributed by atoms with Gasteiger partial charge in [-0.2, -0.15) is 0 Å². The van der Waals surface area contributed by atoms with E-state index < -0.39 is 5.91 Å². The quantitative estimate of drug-likeness (QED) is 0.869. The Bertz CT molecular complexity index is 689. The molecule has 3 N–H and O–H groups in total. The summed E-state index contributed by atoms with van der Waals surface area (Å²) in [5.74, 6) is -0.943. The van der Waals surface area contributed by atoms with Gasteiger partial charge in [0.25, 0.3) is 11.8 Å². The van der Waals surface area contributed by atoms with E-state index in [1.165, 1.54) is 18.3 Å². The van der Waals surface area contributed by atoms with E-state index in [4.69, 9.17) is 17.3 Å². The van der Waals surface area contributed by atoms with Gasteiger partial charge in [-0.1, -0.05) is 33.6 Å². The molecule has 21 heavy (non-hydrogen) atoms. The number of amides is 2. The number of nitrogens with two attached hydrogens (primary N) is 1. The van der Waals surface area contributed by atoms with Crippen molar-refractivity contribution >= 4 is 39.3 Å². The van der Waals surface area contributed by atoms with Crippen LogP contribution in [0.5, 0.6) is 0 Å². The van der Waals surface area contributed by atoms with Gasteiger partial charge in [-0.15, -0.1) is 0 Å². The molecule has 0 saturated carbocycles. The molecule has 0 radical (unpaired) electrons. The van der Waals surface area contributed by atoms with Gasteiger partial charge in [-0.25, -0.2) is 0 Å². The SMILES string of the molecule is NC(=O)c1ccc(C(=O)NCc2ccc(Br)cc2Cl)cn1. The van der Waals surface area contributed by atoms with Crippen LogP contribution in [0.25, 0.3) is 0 Å². The molecule has 0 saturated heterocycles. The number of rotatable bonds is 4. The first-order chi connectivity index (χ1) is 9.97. The lowest BCUT2D eigenvalue weighted by molar-refractivity contribution is 0.0947. The molecule has 0 unspecified atom stereocenters. The third-order valence-electron chi connectivity index (χ3n) is 2.73. The van der Waals surface area contributed by atoms with Crippen molar-refractivity contribution in [2.24, 2.45) is 5.73 Å². The molecule has 0 bridgehead atoms. The van der Waals surface area contributed by atoms with Crippen LogP contribution in [0.1, 0.15) is 26.4 Å². The number of pyridine rings is 1. The Kier molecular flexibility index (Phi) is 4.93. The van der Waals surface area contributed by atoms with E-state index in [2.05, 4.69) is 26.2 Å². The zero-order valence-corrected chi connectivity index (χ0v) is 13.1. The minimum Gasteiger partial charge on any atom is -0.364 e. The number of benzene rings is 1. The standard InChI is InChI=1S/C14H11BrClN3O2/c15-10-3-1-8(11(16)5-10)6-19-14(21)9-2-4-12(13(17)20)18-7-9/h1-5,7H,6H2,(H2,17,20)(H,19,21). The summed E-state index contributed by atoms with van der Waals surface area (Å²) in [6, 6.07) is 8.32. The smallest absolute Gasteiger partial charge is 0.267 e. The van der Waals surface area contributed by atoms with Crippen LogP contribution in [0.15, 0.2) is 41.0 Å². The van der Waals surface area contributed by atoms with Gasteiger partial charge in [-0.05, 0) is 29.8 Å². The van der Waals surface area contributed by atoms with Crippen molar-refractivity contribution in [1.29, 1.82) is 0 Å². The largest absolute Gasteiger partial charge is 0.364 e. The van der Waals surface area contributed by atoms with E-state index in [9.17, 15) is 9.59 Å². The third-order valence-corrected chi connectivity index (χ3v) is 3.58. The van der Waals surface area contributed by atoms with E-state index in [1.807, 2.05) is 12.1 Å². The van der Waals surface area contributed by atoms with Gasteiger partial charge >= 0.3 is 0 Å². The predicted molar refractivity (Wildman–Crippen MR) is 83.1 cm³/mol. The zero-order valence-electron chi connectivity index (χ0n) is 10.8. The molecule has 1 heterocycles. The summed E-state index contributed by atoms with van der Waals surface area (Å²) in [5.41, 5.74) is 6.34. The highest BCUT2D eigenvalue weighted by atomic mass is 79.9. The Balaban J connectivity index is 2.02. The highest BCUT2D eigenvalue weighted by molar-refractivity contribution is 9.10. The second-order valence-corrected chi connectivity index (χ2v) is 5.54. The number of nitrogens with one attached hydrogen (secondary N) is 1. The normalized spacial score (nSPS) is 10.2. The molecule has 1 aromatic carbocycles. The summed E-state index contributed by atoms with van der Waals surface area (Å²) >= 11 is 9.38. The van der Waals surface area contributed by atoms with E-state index in [-0.39, 0.29) is 11.6 Å². The molecule has 0 spiro atoms. The Morgan fingerprint density at radius 2 is 2.05 bits per heavy atom. The summed E-state index contributed by atoms with van der Waals surface area (Å²) < 4.78 is 0.869. The van der Waals surface area contributed by atoms with Crippen LogP contribution < -0.4 is 11.1 Å². The summed E-state index contributed by atoms with van der Waals surface area (Å²) in [6.45, 7) is 0.294. The number of nitrogens with zero attached hydrogens (tertiary/aromatic N) is 1. The third kappa shape index (κ3) is 4.03. The van der Waals surface area contributed by atoms with Crippen molar-refractivity contribution in [2.75, 3.05) is 0 Å². The Labute approximate surface area is 134 Å². The van der Waals surface area contributed by atoms with Crippen LogP contribution >= 0.6 is 27.5 Å². The second kappa shape index (κ2) is 6.69. The van der Waals surface area contributed by atoms with Crippen LogP contribution in [0.4, 0.5) is 0 Å². The first kappa shape index (κ1) is 15.5. The van der Waals surface area contributed by atoms with Crippen molar-refractivity contribution < 1.29 is 9.59 Å². The van der Waals surface area contributed by atoms with E-state index in [0.717, 1.165) is 10.0 Å². The van der Waals surface area contributed by atoms with Crippen LogP contribution in [0.3, 0.4) is 0 Å². The molecule has 2 aromatic rings. The molecule has 0 aliphatic heterocycles. The van der Waals surface area contributed by atoms with Gasteiger partial charge in [0.15, 0.2) is 0 Å². The van der Waals surface area contributed by atoms with Crippen molar-refractivity contribution in [3.05, 3.63) is 62.8 Å². The Hall–Kier alpha value is -1.92. The van der Waals surface area contributed by atoms with Gasteiger partial charge in [0.05, 0.1) is 5.56 Å². The number of hydrogen-bond acceptors (Lipinski definition) is 3. The number of carbonyl (C=O) groups excluding carboxylic acids is 2. The number of carbonyl (C=O) groups is 2. The van der Waals surface area contributed by atoms with Crippen LogP contribution in [0, 0.1) is 0 Å². The number of aromatic nitrogens is 1. The molecule has 0 atom stereocenters. The monoisotopic (exact) mass is 367 g/mol. The molecule has 0 aliphatic carbocycles. The summed E-state index contributed by atoms with van der Waals surface area (Å²) in [7, 11) is 0. The zero-order chi connectivity index (χ0) is 15.4. The molecule has 2 amide bonds. The molecule has 5 nitrogen and oxygen atoms in total. The fraction of sp³-hybridized carbons (Fsp3) is 0.0714. The molecule has 0 aliphatic rings. The maximum absolute atomic E-state index is 12.0. The maximum Gasteiger partial charge on any atom is 0.267 e. The van der Waals surface area contributed by atoms with E-state index in [0.29, 0.717) is 17.1 Å². The minimum atomic E-state index is -0.636. The van der Waals surface area contributed by atoms with Crippen LogP contribution in [-0.2, 0) is 6.54 Å². The van der Waals surface area contributed by atoms with Crippen LogP contribution in [0.2, 0.25) is 5.02 Å². The highest BCUT2D eigenvalue weighted by Gasteiger charge is 2.09. The average Bonchev–Trinajstić information content (AvgIpc) is 2.46. The predicted octanol–water partition coefficient (Wildman–Crippen LogP) is 2.53. The molecule has 2 rings (SSSR count). The van der Waals surface area contributed by atoms with Gasteiger partial charge < -0.3 is 11.1 Å². The average molecular weight is 369 g/mol. The maximum atomic E-state index is 12.0. The topological polar surface area (TPSA) is 85.1 Å². The number of primary amides is 1. The Morgan fingerprint density at radius 3 is 2.62 bits per heavy atom. The minimum absolute atomic E-state index is 0.113. The lowest BCUT2D eigenvalue weighted by atomic mass is 10.2. The van der Waals surface area contributed by atoms with Gasteiger partial charge in [0.2, 0.25) is 0 Å². The molecule has 0 fully saturated rings. The fourth-order valence-electron chi connectivity index (χ4n) is 1.62. The summed E-state index contributed by atoms with van der Waals surface area (Å²) in [6.07, 6.45) is 1.30. The molecular weight excluding hydrogens is 358 g/mol. The molecule has 108 valence electrons.